The molecule has 0 aliphatic heterocycles. The zero-order valence-electron chi connectivity index (χ0n) is 13.3. The number of carbonyl (C=O) groups excluding carboxylic acids is 2. The van der Waals surface area contributed by atoms with Crippen molar-refractivity contribution < 1.29 is 19.1 Å². The first kappa shape index (κ1) is 18.9. The summed E-state index contributed by atoms with van der Waals surface area (Å²) >= 11 is 0. The van der Waals surface area contributed by atoms with E-state index in [0.29, 0.717) is 12.8 Å². The van der Waals surface area contributed by atoms with Crippen LogP contribution < -0.4 is 0 Å². The van der Waals surface area contributed by atoms with Crippen LogP contribution in [0.2, 0.25) is 0 Å². The van der Waals surface area contributed by atoms with E-state index >= 15 is 0 Å². The molecule has 0 aromatic rings. The fraction of sp³-hybridized carbons (Fsp3) is 0.875. The Morgan fingerprint density at radius 2 is 1.55 bits per heavy atom. The monoisotopic (exact) mass is 286 g/mol. The minimum absolute atomic E-state index is 0.0525. The molecule has 0 saturated carbocycles. The van der Waals surface area contributed by atoms with Gasteiger partial charge in [-0.05, 0) is 25.7 Å². The first-order chi connectivity index (χ1) is 9.60. The molecule has 0 aliphatic carbocycles. The lowest BCUT2D eigenvalue weighted by molar-refractivity contribution is -0.147. The highest BCUT2D eigenvalue weighted by Crippen LogP contribution is 2.15. The minimum atomic E-state index is -0.237. The summed E-state index contributed by atoms with van der Waals surface area (Å²) in [6, 6.07) is 0. The van der Waals surface area contributed by atoms with Crippen LogP contribution in [0.25, 0.3) is 0 Å². The molecule has 0 aromatic heterocycles. The third-order valence-corrected chi connectivity index (χ3v) is 3.35. The van der Waals surface area contributed by atoms with E-state index in [1.165, 1.54) is 46.1 Å². The van der Waals surface area contributed by atoms with Crippen LogP contribution in [0, 0.1) is 0 Å². The van der Waals surface area contributed by atoms with Gasteiger partial charge in [-0.25, -0.2) is 0 Å². The zero-order valence-corrected chi connectivity index (χ0v) is 13.3. The van der Waals surface area contributed by atoms with Crippen molar-refractivity contribution in [3.05, 3.63) is 0 Å². The molecular formula is C16H30O4. The standard InChI is InChI=1S/C16H30O4/c1-4-5-6-7-8-9-11-15(20-14(2)17)12-10-13-16(18)19-3/h15H,4-13H2,1-3H3. The average molecular weight is 286 g/mol. The molecule has 0 bridgehead atoms. The molecule has 4 heteroatoms. The highest BCUT2D eigenvalue weighted by Gasteiger charge is 2.12. The fourth-order valence-corrected chi connectivity index (χ4v) is 2.23. The van der Waals surface area contributed by atoms with Crippen LogP contribution in [0.1, 0.15) is 78.1 Å². The largest absolute Gasteiger partial charge is 0.469 e. The van der Waals surface area contributed by atoms with E-state index < -0.39 is 0 Å². The highest BCUT2D eigenvalue weighted by atomic mass is 16.5. The van der Waals surface area contributed by atoms with Crippen LogP contribution in [0.15, 0.2) is 0 Å². The van der Waals surface area contributed by atoms with Crippen LogP contribution in [-0.2, 0) is 19.1 Å². The van der Waals surface area contributed by atoms with Crippen LogP contribution >= 0.6 is 0 Å². The highest BCUT2D eigenvalue weighted by molar-refractivity contribution is 5.69. The molecule has 20 heavy (non-hydrogen) atoms. The molecule has 0 N–H and O–H groups in total. The van der Waals surface area contributed by atoms with E-state index in [9.17, 15) is 9.59 Å². The Hall–Kier alpha value is -1.06. The predicted molar refractivity (Wildman–Crippen MR) is 79.4 cm³/mol. The van der Waals surface area contributed by atoms with Crippen LogP contribution in [0.4, 0.5) is 0 Å². The Bertz CT molecular complexity index is 263. The maximum absolute atomic E-state index is 11.1. The molecule has 0 spiro atoms. The van der Waals surface area contributed by atoms with Gasteiger partial charge in [-0.15, -0.1) is 0 Å². The molecule has 0 heterocycles. The van der Waals surface area contributed by atoms with Crippen molar-refractivity contribution in [3.8, 4) is 0 Å². The van der Waals surface area contributed by atoms with Crippen molar-refractivity contribution in [2.75, 3.05) is 7.11 Å². The number of hydrogen-bond acceptors (Lipinski definition) is 4. The molecule has 118 valence electrons. The molecular weight excluding hydrogens is 256 g/mol. The van der Waals surface area contributed by atoms with E-state index in [1.54, 1.807) is 0 Å². The number of hydrogen-bond donors (Lipinski definition) is 0. The lowest BCUT2D eigenvalue weighted by Crippen LogP contribution is -2.17. The first-order valence-electron chi connectivity index (χ1n) is 7.84. The molecule has 0 aromatic carbocycles. The van der Waals surface area contributed by atoms with Crippen LogP contribution in [0.3, 0.4) is 0 Å². The van der Waals surface area contributed by atoms with Crippen LogP contribution in [0.5, 0.6) is 0 Å². The van der Waals surface area contributed by atoms with E-state index in [-0.39, 0.29) is 18.0 Å². The Kier molecular flexibility index (Phi) is 12.3. The molecule has 0 saturated heterocycles. The van der Waals surface area contributed by atoms with Gasteiger partial charge in [0.1, 0.15) is 6.10 Å². The lowest BCUT2D eigenvalue weighted by atomic mass is 10.0. The zero-order chi connectivity index (χ0) is 15.2. The lowest BCUT2D eigenvalue weighted by Gasteiger charge is -2.16. The smallest absolute Gasteiger partial charge is 0.305 e. The van der Waals surface area contributed by atoms with E-state index in [2.05, 4.69) is 11.7 Å². The van der Waals surface area contributed by atoms with Gasteiger partial charge in [0.25, 0.3) is 0 Å². The maximum Gasteiger partial charge on any atom is 0.305 e. The summed E-state index contributed by atoms with van der Waals surface area (Å²) < 4.78 is 9.90. The van der Waals surface area contributed by atoms with Crippen molar-refractivity contribution in [1.82, 2.24) is 0 Å². The summed E-state index contributed by atoms with van der Waals surface area (Å²) in [6.07, 6.45) is 10.1. The van der Waals surface area contributed by atoms with Gasteiger partial charge in [0.05, 0.1) is 7.11 Å². The average Bonchev–Trinajstić information content (AvgIpc) is 2.41. The molecule has 0 amide bonds. The van der Waals surface area contributed by atoms with Gasteiger partial charge in [-0.1, -0.05) is 39.0 Å². The third kappa shape index (κ3) is 12.0. The van der Waals surface area contributed by atoms with Crippen molar-refractivity contribution in [2.24, 2.45) is 0 Å². The SMILES string of the molecule is CCCCCCCCC(CCCC(=O)OC)OC(C)=O. The summed E-state index contributed by atoms with van der Waals surface area (Å²) in [7, 11) is 1.39. The van der Waals surface area contributed by atoms with Gasteiger partial charge in [-0.3, -0.25) is 9.59 Å². The summed E-state index contributed by atoms with van der Waals surface area (Å²) in [6.45, 7) is 3.65. The summed E-state index contributed by atoms with van der Waals surface area (Å²) in [5.41, 5.74) is 0. The Morgan fingerprint density at radius 3 is 2.15 bits per heavy atom. The van der Waals surface area contributed by atoms with Gasteiger partial charge < -0.3 is 9.47 Å². The van der Waals surface area contributed by atoms with Crippen molar-refractivity contribution in [2.45, 2.75) is 84.2 Å². The normalized spacial score (nSPS) is 11.9. The van der Waals surface area contributed by atoms with Crippen molar-refractivity contribution >= 4 is 11.9 Å². The Labute approximate surface area is 123 Å². The number of rotatable bonds is 12. The second-order valence-electron chi connectivity index (χ2n) is 5.26. The predicted octanol–water partition coefficient (Wildman–Crippen LogP) is 4.01. The number of esters is 2. The molecule has 1 unspecified atom stereocenters. The number of carbonyl (C=O) groups is 2. The first-order valence-corrected chi connectivity index (χ1v) is 7.84. The molecule has 0 aliphatic rings. The third-order valence-electron chi connectivity index (χ3n) is 3.35. The van der Waals surface area contributed by atoms with Crippen molar-refractivity contribution in [3.63, 3.8) is 0 Å². The van der Waals surface area contributed by atoms with E-state index in [0.717, 1.165) is 19.3 Å². The quantitative estimate of drug-likeness (QED) is 0.402. The second-order valence-corrected chi connectivity index (χ2v) is 5.26. The van der Waals surface area contributed by atoms with Crippen LogP contribution in [-0.4, -0.2) is 25.2 Å². The molecule has 0 fully saturated rings. The Morgan fingerprint density at radius 1 is 0.950 bits per heavy atom. The Balaban J connectivity index is 3.78. The van der Waals surface area contributed by atoms with E-state index in [1.807, 2.05) is 0 Å². The molecule has 0 radical (unpaired) electrons. The minimum Gasteiger partial charge on any atom is -0.469 e. The van der Waals surface area contributed by atoms with Gasteiger partial charge in [-0.2, -0.15) is 0 Å². The van der Waals surface area contributed by atoms with Gasteiger partial charge in [0.15, 0.2) is 0 Å². The topological polar surface area (TPSA) is 52.6 Å². The summed E-state index contributed by atoms with van der Waals surface area (Å²) in [5, 5.41) is 0. The molecule has 4 nitrogen and oxygen atoms in total. The van der Waals surface area contributed by atoms with Gasteiger partial charge in [0.2, 0.25) is 0 Å². The number of ether oxygens (including phenoxy) is 2. The molecule has 0 rings (SSSR count). The van der Waals surface area contributed by atoms with Crippen molar-refractivity contribution in [1.29, 1.82) is 0 Å². The second kappa shape index (κ2) is 12.9. The number of methoxy groups -OCH3 is 1. The summed E-state index contributed by atoms with van der Waals surface area (Å²) in [5.74, 6) is -0.440. The fourth-order valence-electron chi connectivity index (χ4n) is 2.23. The van der Waals surface area contributed by atoms with E-state index in [4.69, 9.17) is 4.74 Å². The maximum atomic E-state index is 11.1. The number of unbranched alkanes of at least 4 members (excludes halogenated alkanes) is 5. The summed E-state index contributed by atoms with van der Waals surface area (Å²) in [4.78, 5) is 22.1. The van der Waals surface area contributed by atoms with Gasteiger partial charge in [0, 0.05) is 13.3 Å². The molecule has 1 atom stereocenters. The van der Waals surface area contributed by atoms with Gasteiger partial charge >= 0.3 is 11.9 Å².